The van der Waals surface area contributed by atoms with Crippen molar-refractivity contribution >= 4 is 39.7 Å². The average Bonchev–Trinajstić information content (AvgIpc) is 2.79. The molecule has 1 heterocycles. The molecule has 1 unspecified atom stereocenters. The smallest absolute Gasteiger partial charge is 0.235 e. The van der Waals surface area contributed by atoms with Gasteiger partial charge in [-0.3, -0.25) is 9.10 Å². The SMILES string of the molecule is Cc1ccc(NC(=O)C(C)CN)cc1N1CCCS1(=O)=O.Cl. The first-order valence-corrected chi connectivity index (χ1v) is 8.58. The van der Waals surface area contributed by atoms with Crippen molar-refractivity contribution in [3.05, 3.63) is 23.8 Å². The molecule has 0 radical (unpaired) electrons. The Hall–Kier alpha value is -1.31. The van der Waals surface area contributed by atoms with Crippen molar-refractivity contribution in [1.82, 2.24) is 0 Å². The molecule has 22 heavy (non-hydrogen) atoms. The van der Waals surface area contributed by atoms with Crippen molar-refractivity contribution in [3.63, 3.8) is 0 Å². The maximum absolute atomic E-state index is 12.0. The summed E-state index contributed by atoms with van der Waals surface area (Å²) in [4.78, 5) is 11.9. The summed E-state index contributed by atoms with van der Waals surface area (Å²) < 4.78 is 25.5. The Morgan fingerprint density at radius 3 is 2.68 bits per heavy atom. The molecule has 1 amide bonds. The lowest BCUT2D eigenvalue weighted by Gasteiger charge is -2.20. The van der Waals surface area contributed by atoms with Gasteiger partial charge in [0.1, 0.15) is 0 Å². The van der Waals surface area contributed by atoms with E-state index in [1.165, 1.54) is 4.31 Å². The first kappa shape index (κ1) is 18.7. The predicted octanol–water partition coefficient (Wildman–Crippen LogP) is 1.49. The molecule has 3 N–H and O–H groups in total. The third-order valence-electron chi connectivity index (χ3n) is 3.65. The number of nitrogens with one attached hydrogen (secondary N) is 1. The molecule has 124 valence electrons. The highest BCUT2D eigenvalue weighted by Crippen LogP contribution is 2.30. The van der Waals surface area contributed by atoms with Gasteiger partial charge in [0.2, 0.25) is 15.9 Å². The lowest BCUT2D eigenvalue weighted by molar-refractivity contribution is -0.119. The van der Waals surface area contributed by atoms with Crippen LogP contribution in [0.2, 0.25) is 0 Å². The highest BCUT2D eigenvalue weighted by molar-refractivity contribution is 7.93. The lowest BCUT2D eigenvalue weighted by Crippen LogP contribution is -2.28. The molecule has 1 aromatic carbocycles. The number of aryl methyl sites for hydroxylation is 1. The molecular weight excluding hydrogens is 326 g/mol. The van der Waals surface area contributed by atoms with E-state index in [-0.39, 0.29) is 36.5 Å². The number of nitrogens with zero attached hydrogens (tertiary/aromatic N) is 1. The van der Waals surface area contributed by atoms with E-state index in [1.807, 2.05) is 13.0 Å². The van der Waals surface area contributed by atoms with Crippen LogP contribution < -0.4 is 15.4 Å². The third-order valence-corrected chi connectivity index (χ3v) is 5.50. The Balaban J connectivity index is 0.00000242. The number of carbonyl (C=O) groups excluding carboxylic acids is 1. The Labute approximate surface area is 137 Å². The van der Waals surface area contributed by atoms with Gasteiger partial charge in [0, 0.05) is 24.7 Å². The molecule has 0 aromatic heterocycles. The number of carbonyl (C=O) groups is 1. The topological polar surface area (TPSA) is 92.5 Å². The van der Waals surface area contributed by atoms with Gasteiger partial charge < -0.3 is 11.1 Å². The van der Waals surface area contributed by atoms with Crippen LogP contribution in [0.1, 0.15) is 18.9 Å². The summed E-state index contributed by atoms with van der Waals surface area (Å²) >= 11 is 0. The molecule has 1 atom stereocenters. The Kier molecular flexibility index (Phi) is 6.22. The number of halogens is 1. The minimum atomic E-state index is -3.23. The van der Waals surface area contributed by atoms with Crippen molar-refractivity contribution in [1.29, 1.82) is 0 Å². The number of nitrogens with two attached hydrogens (primary N) is 1. The van der Waals surface area contributed by atoms with Gasteiger partial charge in [-0.1, -0.05) is 13.0 Å². The van der Waals surface area contributed by atoms with E-state index < -0.39 is 10.0 Å². The summed E-state index contributed by atoms with van der Waals surface area (Å²) in [5.41, 5.74) is 7.55. The second kappa shape index (κ2) is 7.30. The van der Waals surface area contributed by atoms with Gasteiger partial charge in [-0.15, -0.1) is 12.4 Å². The van der Waals surface area contributed by atoms with Gasteiger partial charge in [-0.25, -0.2) is 8.42 Å². The van der Waals surface area contributed by atoms with E-state index in [0.717, 1.165) is 5.56 Å². The lowest BCUT2D eigenvalue weighted by atomic mass is 10.1. The summed E-state index contributed by atoms with van der Waals surface area (Å²) in [5, 5.41) is 2.77. The highest BCUT2D eigenvalue weighted by atomic mass is 35.5. The van der Waals surface area contributed by atoms with E-state index in [0.29, 0.717) is 24.3 Å². The molecule has 8 heteroatoms. The minimum Gasteiger partial charge on any atom is -0.330 e. The van der Waals surface area contributed by atoms with Gasteiger partial charge in [-0.2, -0.15) is 0 Å². The van der Waals surface area contributed by atoms with E-state index >= 15 is 0 Å². The standard InChI is InChI=1S/C14H21N3O3S.ClH/c1-10-4-5-12(16-14(18)11(2)9-15)8-13(10)17-6-3-7-21(17,19)20;/h4-5,8,11H,3,6-7,9,15H2,1-2H3,(H,16,18);1H. The highest BCUT2D eigenvalue weighted by Gasteiger charge is 2.29. The van der Waals surface area contributed by atoms with E-state index in [1.54, 1.807) is 19.1 Å². The van der Waals surface area contributed by atoms with Crippen molar-refractivity contribution in [2.45, 2.75) is 20.3 Å². The molecule has 2 rings (SSSR count). The molecule has 6 nitrogen and oxygen atoms in total. The zero-order chi connectivity index (χ0) is 15.6. The van der Waals surface area contributed by atoms with Crippen molar-refractivity contribution in [2.75, 3.05) is 28.5 Å². The molecule has 1 saturated heterocycles. The van der Waals surface area contributed by atoms with E-state index in [4.69, 9.17) is 5.73 Å². The Bertz CT molecular complexity index is 649. The van der Waals surface area contributed by atoms with E-state index in [2.05, 4.69) is 5.32 Å². The van der Waals surface area contributed by atoms with Crippen LogP contribution in [0.25, 0.3) is 0 Å². The zero-order valence-corrected chi connectivity index (χ0v) is 14.3. The maximum atomic E-state index is 12.0. The maximum Gasteiger partial charge on any atom is 0.235 e. The van der Waals surface area contributed by atoms with Crippen molar-refractivity contribution in [3.8, 4) is 0 Å². The van der Waals surface area contributed by atoms with Crippen LogP contribution in [-0.2, 0) is 14.8 Å². The normalized spacial score (nSPS) is 17.7. The van der Waals surface area contributed by atoms with Crippen LogP contribution in [0.4, 0.5) is 11.4 Å². The minimum absolute atomic E-state index is 0. The van der Waals surface area contributed by atoms with Crippen LogP contribution >= 0.6 is 12.4 Å². The van der Waals surface area contributed by atoms with Crippen LogP contribution in [0, 0.1) is 12.8 Å². The number of benzene rings is 1. The van der Waals surface area contributed by atoms with Crippen LogP contribution in [0.5, 0.6) is 0 Å². The van der Waals surface area contributed by atoms with Crippen molar-refractivity contribution < 1.29 is 13.2 Å². The quantitative estimate of drug-likeness (QED) is 0.863. The first-order valence-electron chi connectivity index (χ1n) is 6.97. The van der Waals surface area contributed by atoms with Gasteiger partial charge in [0.05, 0.1) is 11.4 Å². The van der Waals surface area contributed by atoms with Crippen molar-refractivity contribution in [2.24, 2.45) is 11.7 Å². The molecule has 1 aromatic rings. The number of hydrogen-bond donors (Lipinski definition) is 2. The molecule has 0 saturated carbocycles. The zero-order valence-electron chi connectivity index (χ0n) is 12.7. The monoisotopic (exact) mass is 347 g/mol. The summed E-state index contributed by atoms with van der Waals surface area (Å²) in [6, 6.07) is 5.29. The van der Waals surface area contributed by atoms with Crippen LogP contribution in [0.3, 0.4) is 0 Å². The van der Waals surface area contributed by atoms with Gasteiger partial charge in [0.25, 0.3) is 0 Å². The Morgan fingerprint density at radius 1 is 1.45 bits per heavy atom. The molecule has 1 aliphatic heterocycles. The largest absolute Gasteiger partial charge is 0.330 e. The number of rotatable bonds is 4. The van der Waals surface area contributed by atoms with Crippen LogP contribution in [-0.4, -0.2) is 33.2 Å². The second-order valence-corrected chi connectivity index (χ2v) is 7.38. The van der Waals surface area contributed by atoms with Crippen LogP contribution in [0.15, 0.2) is 18.2 Å². The summed E-state index contributed by atoms with van der Waals surface area (Å²) in [5.74, 6) is -0.283. The number of anilines is 2. The van der Waals surface area contributed by atoms with Gasteiger partial charge in [0.15, 0.2) is 0 Å². The predicted molar refractivity (Wildman–Crippen MR) is 91.0 cm³/mol. The molecule has 1 aliphatic rings. The third kappa shape index (κ3) is 3.91. The summed E-state index contributed by atoms with van der Waals surface area (Å²) in [6.07, 6.45) is 0.628. The summed E-state index contributed by atoms with van der Waals surface area (Å²) in [7, 11) is -3.23. The molecule has 0 spiro atoms. The fourth-order valence-corrected chi connectivity index (χ4v) is 3.86. The number of sulfonamides is 1. The molecule has 0 aliphatic carbocycles. The molecule has 1 fully saturated rings. The number of amides is 1. The Morgan fingerprint density at radius 2 is 2.14 bits per heavy atom. The van der Waals surface area contributed by atoms with E-state index in [9.17, 15) is 13.2 Å². The first-order chi connectivity index (χ1) is 9.85. The number of hydrogen-bond acceptors (Lipinski definition) is 4. The summed E-state index contributed by atoms with van der Waals surface area (Å²) in [6.45, 7) is 4.36. The fraction of sp³-hybridized carbons (Fsp3) is 0.500. The molecule has 0 bridgehead atoms. The molecular formula is C14H22ClN3O3S. The second-order valence-electron chi connectivity index (χ2n) is 5.37. The van der Waals surface area contributed by atoms with Gasteiger partial charge in [-0.05, 0) is 31.0 Å². The average molecular weight is 348 g/mol. The van der Waals surface area contributed by atoms with Gasteiger partial charge >= 0.3 is 0 Å². The fourth-order valence-electron chi connectivity index (χ4n) is 2.24.